The third kappa shape index (κ3) is 13.6. The van der Waals surface area contributed by atoms with Crippen molar-refractivity contribution in [1.82, 2.24) is 10.6 Å². The lowest BCUT2D eigenvalue weighted by molar-refractivity contribution is 0.145. The van der Waals surface area contributed by atoms with Gasteiger partial charge in [-0.2, -0.15) is 0 Å². The number of rotatable bonds is 11. The lowest BCUT2D eigenvalue weighted by atomic mass is 10.4. The second kappa shape index (κ2) is 11.9. The van der Waals surface area contributed by atoms with Crippen LogP contribution in [0.5, 0.6) is 0 Å². The van der Waals surface area contributed by atoms with E-state index < -0.39 is 9.84 Å². The SMILES string of the molecule is CCOCCCNC(=NC)NCCOCCS(C)(=O)=O. The van der Waals surface area contributed by atoms with Gasteiger partial charge in [-0.1, -0.05) is 0 Å². The third-order valence-electron chi connectivity index (χ3n) is 2.32. The second-order valence-electron chi connectivity index (χ2n) is 4.22. The van der Waals surface area contributed by atoms with Crippen LogP contribution in [0, 0.1) is 0 Å². The number of nitrogens with one attached hydrogen (secondary N) is 2. The molecule has 0 unspecified atom stereocenters. The number of guanidine groups is 1. The highest BCUT2D eigenvalue weighted by atomic mass is 32.2. The van der Waals surface area contributed by atoms with Crippen LogP contribution in [0.2, 0.25) is 0 Å². The maximum atomic E-state index is 10.9. The predicted octanol–water partition coefficient (Wildman–Crippen LogP) is -0.361. The summed E-state index contributed by atoms with van der Waals surface area (Å²) in [6, 6.07) is 0. The first-order valence-electron chi connectivity index (χ1n) is 6.77. The normalized spacial score (nSPS) is 12.4. The van der Waals surface area contributed by atoms with Gasteiger partial charge in [-0.25, -0.2) is 8.42 Å². The molecule has 0 radical (unpaired) electrons. The van der Waals surface area contributed by atoms with Crippen LogP contribution >= 0.6 is 0 Å². The minimum atomic E-state index is -2.95. The third-order valence-corrected chi connectivity index (χ3v) is 3.23. The molecule has 0 aliphatic rings. The van der Waals surface area contributed by atoms with Crippen molar-refractivity contribution >= 4 is 15.8 Å². The van der Waals surface area contributed by atoms with Gasteiger partial charge in [0, 0.05) is 39.6 Å². The van der Waals surface area contributed by atoms with Gasteiger partial charge < -0.3 is 20.1 Å². The molecule has 0 bridgehead atoms. The van der Waals surface area contributed by atoms with E-state index in [1.165, 1.54) is 6.26 Å². The number of sulfone groups is 1. The molecule has 0 saturated carbocycles. The van der Waals surface area contributed by atoms with Gasteiger partial charge in [-0.15, -0.1) is 0 Å². The van der Waals surface area contributed by atoms with Gasteiger partial charge in [-0.05, 0) is 13.3 Å². The summed E-state index contributed by atoms with van der Waals surface area (Å²) in [7, 11) is -1.25. The van der Waals surface area contributed by atoms with E-state index in [0.29, 0.717) is 19.1 Å². The highest BCUT2D eigenvalue weighted by molar-refractivity contribution is 7.90. The quantitative estimate of drug-likeness (QED) is 0.308. The molecule has 0 rings (SSSR count). The van der Waals surface area contributed by atoms with Crippen LogP contribution in [-0.4, -0.2) is 73.0 Å². The van der Waals surface area contributed by atoms with Crippen LogP contribution < -0.4 is 10.6 Å². The van der Waals surface area contributed by atoms with Crippen molar-refractivity contribution in [3.8, 4) is 0 Å². The summed E-state index contributed by atoms with van der Waals surface area (Å²) < 4.78 is 32.2. The van der Waals surface area contributed by atoms with Crippen molar-refractivity contribution in [2.45, 2.75) is 13.3 Å². The number of hydrogen-bond acceptors (Lipinski definition) is 5. The summed E-state index contributed by atoms with van der Waals surface area (Å²) in [6.07, 6.45) is 2.11. The fourth-order valence-electron chi connectivity index (χ4n) is 1.30. The van der Waals surface area contributed by atoms with Crippen LogP contribution in [0.25, 0.3) is 0 Å². The molecule has 0 saturated heterocycles. The lowest BCUT2D eigenvalue weighted by Gasteiger charge is -2.11. The molecule has 0 aromatic rings. The fraction of sp³-hybridized carbons (Fsp3) is 0.917. The van der Waals surface area contributed by atoms with Gasteiger partial charge in [0.15, 0.2) is 5.96 Å². The molecule has 2 N–H and O–H groups in total. The average molecular weight is 309 g/mol. The van der Waals surface area contributed by atoms with Crippen molar-refractivity contribution in [2.24, 2.45) is 4.99 Å². The summed E-state index contributed by atoms with van der Waals surface area (Å²) in [5.41, 5.74) is 0. The Bertz CT molecular complexity index is 358. The van der Waals surface area contributed by atoms with E-state index in [4.69, 9.17) is 9.47 Å². The molecule has 0 aliphatic carbocycles. The van der Waals surface area contributed by atoms with E-state index >= 15 is 0 Å². The summed E-state index contributed by atoms with van der Waals surface area (Å²) in [5, 5.41) is 6.23. The first-order chi connectivity index (χ1) is 9.49. The lowest BCUT2D eigenvalue weighted by Crippen LogP contribution is -2.39. The first-order valence-corrected chi connectivity index (χ1v) is 8.83. The molecule has 120 valence electrons. The van der Waals surface area contributed by atoms with Crippen molar-refractivity contribution in [1.29, 1.82) is 0 Å². The van der Waals surface area contributed by atoms with E-state index in [-0.39, 0.29) is 12.4 Å². The minimum Gasteiger partial charge on any atom is -0.382 e. The maximum Gasteiger partial charge on any atom is 0.191 e. The zero-order valence-corrected chi connectivity index (χ0v) is 13.5. The maximum absolute atomic E-state index is 10.9. The van der Waals surface area contributed by atoms with E-state index in [9.17, 15) is 8.42 Å². The van der Waals surface area contributed by atoms with Gasteiger partial charge in [0.05, 0.1) is 19.0 Å². The van der Waals surface area contributed by atoms with Gasteiger partial charge in [0.2, 0.25) is 0 Å². The monoisotopic (exact) mass is 309 g/mol. The first kappa shape index (κ1) is 19.1. The van der Waals surface area contributed by atoms with Crippen LogP contribution in [0.15, 0.2) is 4.99 Å². The Labute approximate surface area is 122 Å². The van der Waals surface area contributed by atoms with Crippen molar-refractivity contribution in [3.05, 3.63) is 0 Å². The largest absolute Gasteiger partial charge is 0.382 e. The molecular formula is C12H27N3O4S. The minimum absolute atomic E-state index is 0.0530. The second-order valence-corrected chi connectivity index (χ2v) is 6.48. The molecule has 8 heteroatoms. The topological polar surface area (TPSA) is 89.0 Å². The standard InChI is InChI=1S/C12H27N3O4S/c1-4-18-8-5-6-14-12(13-2)15-7-9-19-10-11-20(3,16)17/h4-11H2,1-3H3,(H2,13,14,15). The van der Waals surface area contributed by atoms with Crippen LogP contribution in [0.4, 0.5) is 0 Å². The Hall–Kier alpha value is -0.860. The van der Waals surface area contributed by atoms with E-state index in [0.717, 1.165) is 26.2 Å². The number of hydrogen-bond donors (Lipinski definition) is 2. The molecule has 0 atom stereocenters. The molecule has 0 amide bonds. The highest BCUT2D eigenvalue weighted by Crippen LogP contribution is 1.84. The van der Waals surface area contributed by atoms with Crippen LogP contribution in [0.1, 0.15) is 13.3 Å². The molecule has 0 aromatic heterocycles. The van der Waals surface area contributed by atoms with Gasteiger partial charge in [0.25, 0.3) is 0 Å². The molecule has 20 heavy (non-hydrogen) atoms. The van der Waals surface area contributed by atoms with E-state index in [2.05, 4.69) is 15.6 Å². The molecule has 0 heterocycles. The van der Waals surface area contributed by atoms with Crippen LogP contribution in [0.3, 0.4) is 0 Å². The average Bonchev–Trinajstić information content (AvgIpc) is 2.38. The number of aliphatic imine (C=N–C) groups is 1. The molecule has 0 fully saturated rings. The van der Waals surface area contributed by atoms with E-state index in [1.54, 1.807) is 7.05 Å². The Morgan fingerprint density at radius 2 is 1.80 bits per heavy atom. The highest BCUT2D eigenvalue weighted by Gasteiger charge is 2.01. The Morgan fingerprint density at radius 1 is 1.10 bits per heavy atom. The Balaban J connectivity index is 3.51. The number of ether oxygens (including phenoxy) is 2. The van der Waals surface area contributed by atoms with Crippen molar-refractivity contribution < 1.29 is 17.9 Å². The predicted molar refractivity (Wildman–Crippen MR) is 81.0 cm³/mol. The van der Waals surface area contributed by atoms with Crippen LogP contribution in [-0.2, 0) is 19.3 Å². The summed E-state index contributed by atoms with van der Waals surface area (Å²) in [6.45, 7) is 5.46. The molecule has 0 aliphatic heterocycles. The zero-order valence-electron chi connectivity index (χ0n) is 12.6. The summed E-state index contributed by atoms with van der Waals surface area (Å²) >= 11 is 0. The van der Waals surface area contributed by atoms with Gasteiger partial charge in [-0.3, -0.25) is 4.99 Å². The summed E-state index contributed by atoms with van der Waals surface area (Å²) in [5.74, 6) is 0.755. The fourth-order valence-corrected chi connectivity index (χ4v) is 1.72. The van der Waals surface area contributed by atoms with Crippen molar-refractivity contribution in [3.63, 3.8) is 0 Å². The summed E-state index contributed by atoms with van der Waals surface area (Å²) in [4.78, 5) is 4.07. The molecule has 0 spiro atoms. The van der Waals surface area contributed by atoms with Gasteiger partial charge in [0.1, 0.15) is 9.84 Å². The molecule has 7 nitrogen and oxygen atoms in total. The Morgan fingerprint density at radius 3 is 2.40 bits per heavy atom. The zero-order chi connectivity index (χ0) is 15.3. The number of nitrogens with zero attached hydrogens (tertiary/aromatic N) is 1. The molecule has 0 aromatic carbocycles. The van der Waals surface area contributed by atoms with E-state index in [1.807, 2.05) is 6.92 Å². The van der Waals surface area contributed by atoms with Crippen molar-refractivity contribution in [2.75, 3.05) is 58.6 Å². The smallest absolute Gasteiger partial charge is 0.191 e. The Kier molecular flexibility index (Phi) is 11.4. The molecular weight excluding hydrogens is 282 g/mol. The van der Waals surface area contributed by atoms with Gasteiger partial charge >= 0.3 is 0 Å².